The number of ether oxygens (including phenoxy) is 1. The van der Waals surface area contributed by atoms with Crippen LogP contribution in [0.3, 0.4) is 0 Å². The summed E-state index contributed by atoms with van der Waals surface area (Å²) in [6.45, 7) is 7.90. The van der Waals surface area contributed by atoms with Crippen LogP contribution in [0.25, 0.3) is 0 Å². The van der Waals surface area contributed by atoms with Crippen molar-refractivity contribution in [1.82, 2.24) is 10.2 Å². The lowest BCUT2D eigenvalue weighted by molar-refractivity contribution is -0.119. The highest BCUT2D eigenvalue weighted by molar-refractivity contribution is 5.73. The highest BCUT2D eigenvalue weighted by Gasteiger charge is 2.18. The fourth-order valence-corrected chi connectivity index (χ4v) is 2.32. The molecule has 0 saturated carbocycles. The van der Waals surface area contributed by atoms with Gasteiger partial charge in [0, 0.05) is 26.6 Å². The van der Waals surface area contributed by atoms with Crippen LogP contribution in [0.1, 0.15) is 24.1 Å². The molecule has 0 spiro atoms. The van der Waals surface area contributed by atoms with Crippen LogP contribution >= 0.6 is 0 Å². The minimum Gasteiger partial charge on any atom is -0.379 e. The summed E-state index contributed by atoms with van der Waals surface area (Å²) in [7, 11) is 0. The van der Waals surface area contributed by atoms with Gasteiger partial charge in [-0.05, 0) is 12.5 Å². The van der Waals surface area contributed by atoms with Crippen molar-refractivity contribution in [2.75, 3.05) is 32.8 Å². The predicted molar refractivity (Wildman–Crippen MR) is 75.0 cm³/mol. The van der Waals surface area contributed by atoms with Gasteiger partial charge in [0.1, 0.15) is 0 Å². The molecule has 1 N–H and O–H groups in total. The van der Waals surface area contributed by atoms with E-state index in [1.807, 2.05) is 0 Å². The Hall–Kier alpha value is -1.39. The van der Waals surface area contributed by atoms with E-state index >= 15 is 0 Å². The van der Waals surface area contributed by atoms with Crippen molar-refractivity contribution in [2.24, 2.45) is 0 Å². The lowest BCUT2D eigenvalue weighted by Crippen LogP contribution is -2.42. The standard InChI is InChI=1S/C15H22N2O2/c1-12-3-5-14(6-4-12)15(16-13(2)18)11-17-7-9-19-10-8-17/h3-6,15H,7-11H2,1-2H3,(H,16,18). The number of aryl methyl sites for hydroxylation is 1. The number of rotatable bonds is 4. The molecule has 1 atom stereocenters. The zero-order chi connectivity index (χ0) is 13.7. The zero-order valence-electron chi connectivity index (χ0n) is 11.7. The van der Waals surface area contributed by atoms with Crippen molar-refractivity contribution in [3.8, 4) is 0 Å². The van der Waals surface area contributed by atoms with Crippen LogP contribution in [-0.4, -0.2) is 43.7 Å². The lowest BCUT2D eigenvalue weighted by Gasteiger charge is -2.31. The summed E-state index contributed by atoms with van der Waals surface area (Å²) in [6.07, 6.45) is 0. The summed E-state index contributed by atoms with van der Waals surface area (Å²) < 4.78 is 5.35. The number of nitrogens with zero attached hydrogens (tertiary/aromatic N) is 1. The maximum atomic E-state index is 11.4. The van der Waals surface area contributed by atoms with Crippen LogP contribution in [0.15, 0.2) is 24.3 Å². The third-order valence-electron chi connectivity index (χ3n) is 3.40. The molecule has 19 heavy (non-hydrogen) atoms. The largest absolute Gasteiger partial charge is 0.379 e. The van der Waals surface area contributed by atoms with Crippen molar-refractivity contribution in [2.45, 2.75) is 19.9 Å². The summed E-state index contributed by atoms with van der Waals surface area (Å²) in [5, 5.41) is 3.04. The second kappa shape index (κ2) is 6.68. The Morgan fingerprint density at radius 3 is 2.53 bits per heavy atom. The van der Waals surface area contributed by atoms with Crippen LogP contribution in [0.2, 0.25) is 0 Å². The van der Waals surface area contributed by atoms with Gasteiger partial charge in [-0.15, -0.1) is 0 Å². The van der Waals surface area contributed by atoms with Gasteiger partial charge in [-0.1, -0.05) is 29.8 Å². The summed E-state index contributed by atoms with van der Waals surface area (Å²) in [5.41, 5.74) is 2.39. The highest BCUT2D eigenvalue weighted by atomic mass is 16.5. The van der Waals surface area contributed by atoms with E-state index in [1.165, 1.54) is 5.56 Å². The quantitative estimate of drug-likeness (QED) is 0.894. The van der Waals surface area contributed by atoms with Crippen LogP contribution in [0.4, 0.5) is 0 Å². The first-order chi connectivity index (χ1) is 9.15. The molecule has 0 aliphatic carbocycles. The fraction of sp³-hybridized carbons (Fsp3) is 0.533. The van der Waals surface area contributed by atoms with Crippen LogP contribution < -0.4 is 5.32 Å². The van der Waals surface area contributed by atoms with Gasteiger partial charge in [-0.3, -0.25) is 9.69 Å². The van der Waals surface area contributed by atoms with E-state index in [0.717, 1.165) is 38.4 Å². The summed E-state index contributed by atoms with van der Waals surface area (Å²) in [4.78, 5) is 13.7. The van der Waals surface area contributed by atoms with E-state index in [0.29, 0.717) is 0 Å². The Labute approximate surface area is 114 Å². The fourth-order valence-electron chi connectivity index (χ4n) is 2.32. The van der Waals surface area contributed by atoms with Gasteiger partial charge in [0.15, 0.2) is 0 Å². The van der Waals surface area contributed by atoms with Crippen LogP contribution in [0.5, 0.6) is 0 Å². The second-order valence-corrected chi connectivity index (χ2v) is 5.08. The Kier molecular flexibility index (Phi) is 4.93. The summed E-state index contributed by atoms with van der Waals surface area (Å²) >= 11 is 0. The van der Waals surface area contributed by atoms with E-state index in [4.69, 9.17) is 4.74 Å². The average Bonchev–Trinajstić information content (AvgIpc) is 2.39. The van der Waals surface area contributed by atoms with Gasteiger partial charge in [0.25, 0.3) is 0 Å². The van der Waals surface area contributed by atoms with Crippen molar-refractivity contribution in [1.29, 1.82) is 0 Å². The maximum absolute atomic E-state index is 11.4. The van der Waals surface area contributed by atoms with Gasteiger partial charge >= 0.3 is 0 Å². The van der Waals surface area contributed by atoms with Gasteiger partial charge in [-0.2, -0.15) is 0 Å². The van der Waals surface area contributed by atoms with E-state index in [9.17, 15) is 4.79 Å². The van der Waals surface area contributed by atoms with Gasteiger partial charge in [-0.25, -0.2) is 0 Å². The lowest BCUT2D eigenvalue weighted by atomic mass is 10.0. The maximum Gasteiger partial charge on any atom is 0.217 e. The first-order valence-corrected chi connectivity index (χ1v) is 6.79. The number of hydrogen-bond acceptors (Lipinski definition) is 3. The molecule has 4 nitrogen and oxygen atoms in total. The second-order valence-electron chi connectivity index (χ2n) is 5.08. The minimum atomic E-state index is 0.0128. The summed E-state index contributed by atoms with van der Waals surface area (Å²) in [5.74, 6) is 0.0128. The number of carbonyl (C=O) groups excluding carboxylic acids is 1. The molecule has 104 valence electrons. The van der Waals surface area contributed by atoms with Crippen molar-refractivity contribution < 1.29 is 9.53 Å². The number of nitrogens with one attached hydrogen (secondary N) is 1. The Morgan fingerprint density at radius 1 is 1.32 bits per heavy atom. The Bertz CT molecular complexity index is 411. The first-order valence-electron chi connectivity index (χ1n) is 6.79. The molecule has 1 heterocycles. The van der Waals surface area contributed by atoms with E-state index < -0.39 is 0 Å². The van der Waals surface area contributed by atoms with Gasteiger partial charge in [0.05, 0.1) is 19.3 Å². The van der Waals surface area contributed by atoms with Gasteiger partial charge in [0.2, 0.25) is 5.91 Å². The molecule has 0 aromatic heterocycles. The summed E-state index contributed by atoms with van der Waals surface area (Å²) in [6, 6.07) is 8.41. The predicted octanol–water partition coefficient (Wildman–Crippen LogP) is 1.50. The third-order valence-corrected chi connectivity index (χ3v) is 3.40. The van der Waals surface area contributed by atoms with E-state index in [-0.39, 0.29) is 11.9 Å². The minimum absolute atomic E-state index is 0.0128. The molecule has 1 amide bonds. The molecule has 2 rings (SSSR count). The molecule has 0 bridgehead atoms. The molecule has 1 aromatic rings. The topological polar surface area (TPSA) is 41.6 Å². The molecular weight excluding hydrogens is 240 g/mol. The van der Waals surface area contributed by atoms with E-state index in [2.05, 4.69) is 41.4 Å². The normalized spacial score (nSPS) is 18.0. The molecule has 1 unspecified atom stereocenters. The average molecular weight is 262 g/mol. The molecule has 0 radical (unpaired) electrons. The van der Waals surface area contributed by atoms with E-state index in [1.54, 1.807) is 6.92 Å². The number of morpholine rings is 1. The van der Waals surface area contributed by atoms with Crippen molar-refractivity contribution in [3.63, 3.8) is 0 Å². The smallest absolute Gasteiger partial charge is 0.217 e. The molecule has 1 fully saturated rings. The third kappa shape index (κ3) is 4.33. The number of hydrogen-bond donors (Lipinski definition) is 1. The van der Waals surface area contributed by atoms with Crippen molar-refractivity contribution >= 4 is 5.91 Å². The zero-order valence-corrected chi connectivity index (χ0v) is 11.7. The Morgan fingerprint density at radius 2 is 1.95 bits per heavy atom. The van der Waals surface area contributed by atoms with Crippen LogP contribution in [-0.2, 0) is 9.53 Å². The monoisotopic (exact) mass is 262 g/mol. The highest BCUT2D eigenvalue weighted by Crippen LogP contribution is 2.16. The Balaban J connectivity index is 2.06. The molecule has 1 saturated heterocycles. The number of amides is 1. The first kappa shape index (κ1) is 14.0. The number of benzene rings is 1. The van der Waals surface area contributed by atoms with Gasteiger partial charge < -0.3 is 10.1 Å². The SMILES string of the molecule is CC(=O)NC(CN1CCOCC1)c1ccc(C)cc1. The molecular formula is C15H22N2O2. The van der Waals surface area contributed by atoms with Crippen molar-refractivity contribution in [3.05, 3.63) is 35.4 Å². The molecule has 4 heteroatoms. The molecule has 1 aliphatic rings. The molecule has 1 aliphatic heterocycles. The number of carbonyl (C=O) groups is 1. The van der Waals surface area contributed by atoms with Crippen LogP contribution in [0, 0.1) is 6.92 Å². The molecule has 1 aromatic carbocycles.